The highest BCUT2D eigenvalue weighted by atomic mass is 32.2. The number of aliphatic imine (C=N–C) groups is 1. The number of nitrogens with one attached hydrogen (secondary N) is 1. The summed E-state index contributed by atoms with van der Waals surface area (Å²) >= 11 is 3.11. The summed E-state index contributed by atoms with van der Waals surface area (Å²) in [5.41, 5.74) is 6.41. The van der Waals surface area contributed by atoms with Crippen molar-refractivity contribution in [1.82, 2.24) is 20.4 Å². The maximum absolute atomic E-state index is 10.6. The number of nitriles is 1. The van der Waals surface area contributed by atoms with Crippen molar-refractivity contribution >= 4 is 45.4 Å². The number of amidine groups is 1. The molecule has 2 aliphatic heterocycles. The molecule has 0 amide bonds. The van der Waals surface area contributed by atoms with Gasteiger partial charge in [-0.25, -0.2) is 9.98 Å². The standard InChI is InChI=1S/C23H22N6O2S2/c1-12(2)31-19-14(10-24)11-25-16-6-5-15(26-18(16)19)9-17-21(30)27-22(33-17)29-23(4,28-29)20-13(3)7-8-32-20/h5-9,11-12,21,28,30H,1-4H3/b17-9-/t21?,23-,29?/m1/s1. The maximum atomic E-state index is 10.6. The fourth-order valence-corrected chi connectivity index (χ4v) is 5.78. The number of aliphatic hydroxyl groups excluding tert-OH is 1. The summed E-state index contributed by atoms with van der Waals surface area (Å²) in [4.78, 5) is 15.3. The molecule has 2 N–H and O–H groups in total. The number of aromatic nitrogens is 2. The normalized spacial score (nSPS) is 23.3. The Morgan fingerprint density at radius 1 is 1.36 bits per heavy atom. The highest BCUT2D eigenvalue weighted by Crippen LogP contribution is 2.46. The number of fused-ring (bicyclic) bond motifs is 1. The zero-order chi connectivity index (χ0) is 23.3. The van der Waals surface area contributed by atoms with Crippen molar-refractivity contribution in [3.63, 3.8) is 0 Å². The molecule has 3 aromatic rings. The lowest BCUT2D eigenvalue weighted by atomic mass is 10.1. The number of aliphatic hydroxyl groups is 1. The lowest BCUT2D eigenvalue weighted by Crippen LogP contribution is -2.15. The van der Waals surface area contributed by atoms with Crippen molar-refractivity contribution in [2.45, 2.75) is 45.7 Å². The van der Waals surface area contributed by atoms with E-state index in [9.17, 15) is 10.4 Å². The van der Waals surface area contributed by atoms with Crippen LogP contribution in [0.2, 0.25) is 0 Å². The smallest absolute Gasteiger partial charge is 0.183 e. The maximum Gasteiger partial charge on any atom is 0.183 e. The second kappa shape index (κ2) is 8.11. The number of hydrogen-bond donors (Lipinski definition) is 2. The third kappa shape index (κ3) is 3.87. The quantitative estimate of drug-likeness (QED) is 0.538. The van der Waals surface area contributed by atoms with Gasteiger partial charge < -0.3 is 9.84 Å². The van der Waals surface area contributed by atoms with Crippen LogP contribution < -0.4 is 10.2 Å². The number of aryl methyl sites for hydroxylation is 1. The van der Waals surface area contributed by atoms with Crippen LogP contribution in [-0.4, -0.2) is 37.6 Å². The lowest BCUT2D eigenvalue weighted by Gasteiger charge is -2.13. The van der Waals surface area contributed by atoms with Gasteiger partial charge in [0, 0.05) is 11.1 Å². The van der Waals surface area contributed by atoms with Crippen molar-refractivity contribution in [3.8, 4) is 11.8 Å². The van der Waals surface area contributed by atoms with Gasteiger partial charge >= 0.3 is 0 Å². The van der Waals surface area contributed by atoms with Crippen LogP contribution in [0.1, 0.15) is 42.5 Å². The van der Waals surface area contributed by atoms with E-state index in [1.54, 1.807) is 17.4 Å². The largest absolute Gasteiger partial charge is 0.487 e. The van der Waals surface area contributed by atoms with Gasteiger partial charge in [0.2, 0.25) is 0 Å². The van der Waals surface area contributed by atoms with Gasteiger partial charge in [0.1, 0.15) is 17.1 Å². The van der Waals surface area contributed by atoms with Crippen molar-refractivity contribution < 1.29 is 9.84 Å². The first-order valence-electron chi connectivity index (χ1n) is 10.4. The zero-order valence-electron chi connectivity index (χ0n) is 18.5. The third-order valence-corrected chi connectivity index (χ3v) is 7.63. The molecule has 5 heterocycles. The van der Waals surface area contributed by atoms with Crippen molar-refractivity contribution in [3.05, 3.63) is 56.4 Å². The van der Waals surface area contributed by atoms with E-state index < -0.39 is 6.23 Å². The second-order valence-corrected chi connectivity index (χ2v) is 10.2. The van der Waals surface area contributed by atoms with E-state index in [1.807, 2.05) is 31.0 Å². The fraction of sp³-hybridized carbons (Fsp3) is 0.304. The van der Waals surface area contributed by atoms with Crippen molar-refractivity contribution in [2.24, 2.45) is 4.99 Å². The minimum absolute atomic E-state index is 0.115. The summed E-state index contributed by atoms with van der Waals surface area (Å²) in [6.45, 7) is 7.99. The zero-order valence-corrected chi connectivity index (χ0v) is 20.2. The van der Waals surface area contributed by atoms with E-state index in [2.05, 4.69) is 51.7 Å². The lowest BCUT2D eigenvalue weighted by molar-refractivity contribution is 0.232. The molecule has 2 atom stereocenters. The molecule has 1 saturated heterocycles. The predicted molar refractivity (Wildman–Crippen MR) is 130 cm³/mol. The summed E-state index contributed by atoms with van der Waals surface area (Å²) in [5, 5.41) is 24.8. The van der Waals surface area contributed by atoms with Gasteiger partial charge in [0.05, 0.1) is 22.2 Å². The summed E-state index contributed by atoms with van der Waals surface area (Å²) in [6, 6.07) is 7.88. The minimum Gasteiger partial charge on any atom is -0.487 e. The Morgan fingerprint density at radius 2 is 2.18 bits per heavy atom. The molecule has 10 heteroatoms. The molecule has 0 bridgehead atoms. The molecule has 0 radical (unpaired) electrons. The molecule has 33 heavy (non-hydrogen) atoms. The van der Waals surface area contributed by atoms with Crippen LogP contribution in [0, 0.1) is 18.3 Å². The molecule has 1 unspecified atom stereocenters. The van der Waals surface area contributed by atoms with Crippen LogP contribution in [-0.2, 0) is 5.66 Å². The Bertz CT molecular complexity index is 1360. The number of rotatable bonds is 4. The molecule has 168 valence electrons. The van der Waals surface area contributed by atoms with Gasteiger partial charge in [-0.3, -0.25) is 9.99 Å². The van der Waals surface area contributed by atoms with E-state index >= 15 is 0 Å². The molecule has 3 aromatic heterocycles. The van der Waals surface area contributed by atoms with Gasteiger partial charge in [-0.1, -0.05) is 11.8 Å². The first-order valence-corrected chi connectivity index (χ1v) is 12.1. The average molecular weight is 479 g/mol. The van der Waals surface area contributed by atoms with Gasteiger partial charge in [-0.15, -0.1) is 11.3 Å². The monoisotopic (exact) mass is 478 g/mol. The molecular formula is C23H22N6O2S2. The molecule has 1 fully saturated rings. The summed E-state index contributed by atoms with van der Waals surface area (Å²) in [7, 11) is 0. The first kappa shape index (κ1) is 21.9. The Balaban J connectivity index is 1.43. The Hall–Kier alpha value is -2.97. The third-order valence-electron chi connectivity index (χ3n) is 5.37. The number of ether oxygens (including phenoxy) is 1. The number of hydrogen-bond acceptors (Lipinski definition) is 10. The molecule has 8 nitrogen and oxygen atoms in total. The molecule has 0 spiro atoms. The SMILES string of the molecule is Cc1ccsc1[C@]1(C)NN1C1=NC(O)/C(=C/c2ccc3ncc(C#N)c(OC(C)C)c3n2)S1. The molecule has 0 aliphatic carbocycles. The van der Waals surface area contributed by atoms with Crippen LogP contribution >= 0.6 is 23.1 Å². The van der Waals surface area contributed by atoms with Crippen LogP contribution in [0.5, 0.6) is 5.75 Å². The Kier molecular flexibility index (Phi) is 5.37. The minimum atomic E-state index is -0.964. The Labute approximate surface area is 199 Å². The number of nitrogens with zero attached hydrogens (tertiary/aromatic N) is 5. The molecule has 0 saturated carbocycles. The average Bonchev–Trinajstić information content (AvgIpc) is 3.07. The molecular weight excluding hydrogens is 456 g/mol. The summed E-state index contributed by atoms with van der Waals surface area (Å²) < 4.78 is 5.88. The van der Waals surface area contributed by atoms with Gasteiger partial charge in [-0.2, -0.15) is 10.7 Å². The van der Waals surface area contributed by atoms with E-state index in [4.69, 9.17) is 4.74 Å². The van der Waals surface area contributed by atoms with Gasteiger partial charge in [0.25, 0.3) is 0 Å². The summed E-state index contributed by atoms with van der Waals surface area (Å²) in [5.74, 6) is 0.421. The summed E-state index contributed by atoms with van der Waals surface area (Å²) in [6.07, 6.45) is 2.23. The van der Waals surface area contributed by atoms with Gasteiger partial charge in [0.15, 0.2) is 22.8 Å². The Morgan fingerprint density at radius 3 is 2.88 bits per heavy atom. The first-order chi connectivity index (χ1) is 15.8. The van der Waals surface area contributed by atoms with Gasteiger partial charge in [-0.05, 0) is 62.9 Å². The highest BCUT2D eigenvalue weighted by molar-refractivity contribution is 8.17. The number of thiophene rings is 1. The topological polar surface area (TPSA) is 116 Å². The second-order valence-electron chi connectivity index (χ2n) is 8.27. The van der Waals surface area contributed by atoms with Crippen LogP contribution in [0.3, 0.4) is 0 Å². The van der Waals surface area contributed by atoms with Crippen LogP contribution in [0.25, 0.3) is 17.1 Å². The fourth-order valence-electron chi connectivity index (χ4n) is 3.73. The van der Waals surface area contributed by atoms with E-state index in [1.165, 1.54) is 28.4 Å². The van der Waals surface area contributed by atoms with Crippen LogP contribution in [0.15, 0.2) is 39.7 Å². The van der Waals surface area contributed by atoms with Crippen molar-refractivity contribution in [2.75, 3.05) is 0 Å². The highest BCUT2D eigenvalue weighted by Gasteiger charge is 2.54. The van der Waals surface area contributed by atoms with E-state index in [0.717, 1.165) is 0 Å². The number of hydrazine groups is 1. The molecule has 5 rings (SSSR count). The number of pyridine rings is 2. The van der Waals surface area contributed by atoms with Crippen LogP contribution in [0.4, 0.5) is 0 Å². The van der Waals surface area contributed by atoms with E-state index in [-0.39, 0.29) is 11.8 Å². The van der Waals surface area contributed by atoms with Crippen molar-refractivity contribution in [1.29, 1.82) is 5.26 Å². The molecule has 2 aliphatic rings. The molecule has 0 aromatic carbocycles. The predicted octanol–water partition coefficient (Wildman–Crippen LogP) is 4.11. The number of thioether (sulfide) groups is 1. The van der Waals surface area contributed by atoms with E-state index in [0.29, 0.717) is 38.1 Å².